The van der Waals surface area contributed by atoms with Crippen LogP contribution in [-0.2, 0) is 0 Å². The van der Waals surface area contributed by atoms with Crippen molar-refractivity contribution in [1.29, 1.82) is 0 Å². The maximum Gasteiger partial charge on any atom is 0.405 e. The Bertz CT molecular complexity index is 363. The summed E-state index contributed by atoms with van der Waals surface area (Å²) in [7, 11) is 1.21. The molecule has 0 aliphatic carbocycles. The molecule has 0 saturated heterocycles. The first-order valence-corrected chi connectivity index (χ1v) is 4.64. The Morgan fingerprint density at radius 1 is 1.67 bits per heavy atom. The quantitative estimate of drug-likeness (QED) is 0.875. The van der Waals surface area contributed by atoms with E-state index in [0.29, 0.717) is 0 Å². The second kappa shape index (κ2) is 4.05. The molecule has 1 N–H and O–H groups in total. The maximum atomic E-state index is 12.0. The van der Waals surface area contributed by atoms with Gasteiger partial charge in [0, 0.05) is 12.4 Å². The number of hydrogen-bond acceptors (Lipinski definition) is 4. The van der Waals surface area contributed by atoms with E-state index in [1.807, 2.05) is 0 Å². The smallest absolute Gasteiger partial charge is 0.405 e. The third-order valence-electron chi connectivity index (χ3n) is 1.45. The second-order valence-corrected chi connectivity index (χ2v) is 3.63. The zero-order valence-corrected chi connectivity index (χ0v) is 8.39. The molecule has 4 nitrogen and oxygen atoms in total. The van der Waals surface area contributed by atoms with Crippen molar-refractivity contribution in [3.8, 4) is 0 Å². The Balaban J connectivity index is 2.74. The molecular weight excluding hydrogens is 233 g/mol. The van der Waals surface area contributed by atoms with Crippen molar-refractivity contribution in [2.45, 2.75) is 6.18 Å². The highest BCUT2D eigenvalue weighted by molar-refractivity contribution is 7.13. The molecule has 0 unspecified atom stereocenters. The third-order valence-corrected chi connectivity index (χ3v) is 2.41. The molecular formula is C7H7F3N2O2S. The summed E-state index contributed by atoms with van der Waals surface area (Å²) in [6, 6.07) is 0. The lowest BCUT2D eigenvalue weighted by molar-refractivity contribution is -0.119. The topological polar surface area (TPSA) is 53.4 Å². The van der Waals surface area contributed by atoms with E-state index in [2.05, 4.69) is 4.98 Å². The molecule has 1 heterocycles. The van der Waals surface area contributed by atoms with Gasteiger partial charge in [0.2, 0.25) is 0 Å². The highest BCUT2D eigenvalue weighted by Crippen LogP contribution is 2.23. The van der Waals surface area contributed by atoms with Gasteiger partial charge in [0.25, 0.3) is 0 Å². The molecule has 1 aromatic rings. The molecule has 0 aliphatic rings. The first kappa shape index (κ1) is 11.8. The van der Waals surface area contributed by atoms with Crippen molar-refractivity contribution in [3.05, 3.63) is 11.1 Å². The Kier molecular flexibility index (Phi) is 3.18. The standard InChI is InChI=1S/C7H7F3N2O2S/c1-12(3-7(8,9)10)6-11-4(2-15-6)5(13)14/h2H,3H2,1H3,(H,13,14). The lowest BCUT2D eigenvalue weighted by atomic mass is 10.5. The van der Waals surface area contributed by atoms with Gasteiger partial charge < -0.3 is 10.0 Å². The summed E-state index contributed by atoms with van der Waals surface area (Å²) in [5.41, 5.74) is -0.246. The molecule has 0 saturated carbocycles. The van der Waals surface area contributed by atoms with Crippen LogP contribution in [0, 0.1) is 0 Å². The molecule has 0 fully saturated rings. The summed E-state index contributed by atoms with van der Waals surface area (Å²) in [6.07, 6.45) is -4.33. The number of rotatable bonds is 3. The molecule has 0 bridgehead atoms. The van der Waals surface area contributed by atoms with Crippen LogP contribution in [0.1, 0.15) is 10.5 Å². The maximum absolute atomic E-state index is 12.0. The lowest BCUT2D eigenvalue weighted by Gasteiger charge is -2.17. The number of nitrogens with zero attached hydrogens (tertiary/aromatic N) is 2. The third kappa shape index (κ3) is 3.39. The van der Waals surface area contributed by atoms with Gasteiger partial charge in [0.1, 0.15) is 6.54 Å². The number of halogens is 3. The number of hydrogen-bond donors (Lipinski definition) is 1. The van der Waals surface area contributed by atoms with E-state index in [4.69, 9.17) is 5.11 Å². The molecule has 0 aliphatic heterocycles. The van der Waals surface area contributed by atoms with Gasteiger partial charge in [-0.3, -0.25) is 0 Å². The highest BCUT2D eigenvalue weighted by atomic mass is 32.1. The molecule has 0 spiro atoms. The fourth-order valence-electron chi connectivity index (χ4n) is 0.874. The Morgan fingerprint density at radius 2 is 2.27 bits per heavy atom. The van der Waals surface area contributed by atoms with E-state index < -0.39 is 18.7 Å². The molecule has 0 radical (unpaired) electrons. The minimum atomic E-state index is -4.33. The molecule has 8 heteroatoms. The predicted octanol–water partition coefficient (Wildman–Crippen LogP) is 1.84. The fourth-order valence-corrected chi connectivity index (χ4v) is 1.64. The molecule has 0 amide bonds. The molecule has 15 heavy (non-hydrogen) atoms. The predicted molar refractivity (Wildman–Crippen MR) is 48.4 cm³/mol. The first-order valence-electron chi connectivity index (χ1n) is 3.76. The van der Waals surface area contributed by atoms with Gasteiger partial charge >= 0.3 is 12.1 Å². The zero-order valence-electron chi connectivity index (χ0n) is 7.58. The summed E-state index contributed by atoms with van der Waals surface area (Å²) >= 11 is 0.861. The molecule has 84 valence electrons. The zero-order chi connectivity index (χ0) is 11.6. The fraction of sp³-hybridized carbons (Fsp3) is 0.429. The van der Waals surface area contributed by atoms with Gasteiger partial charge in [-0.15, -0.1) is 11.3 Å². The van der Waals surface area contributed by atoms with Crippen molar-refractivity contribution in [2.75, 3.05) is 18.5 Å². The van der Waals surface area contributed by atoms with Crippen LogP contribution in [0.4, 0.5) is 18.3 Å². The molecule has 1 aromatic heterocycles. The Labute approximate surface area is 87.0 Å². The number of aromatic carboxylic acids is 1. The number of alkyl halides is 3. The van der Waals surface area contributed by atoms with Gasteiger partial charge in [-0.25, -0.2) is 9.78 Å². The summed E-state index contributed by atoms with van der Waals surface area (Å²) < 4.78 is 35.9. The molecule has 1 rings (SSSR count). The largest absolute Gasteiger partial charge is 0.476 e. The van der Waals surface area contributed by atoms with Crippen LogP contribution in [0.15, 0.2) is 5.38 Å². The molecule has 0 atom stereocenters. The average molecular weight is 240 g/mol. The van der Waals surface area contributed by atoms with Gasteiger partial charge in [-0.05, 0) is 0 Å². The second-order valence-electron chi connectivity index (χ2n) is 2.79. The number of anilines is 1. The van der Waals surface area contributed by atoms with Crippen LogP contribution in [0.5, 0.6) is 0 Å². The van der Waals surface area contributed by atoms with Crippen molar-refractivity contribution < 1.29 is 23.1 Å². The van der Waals surface area contributed by atoms with Gasteiger partial charge in [0.15, 0.2) is 10.8 Å². The number of thiazole rings is 1. The van der Waals surface area contributed by atoms with Gasteiger partial charge in [0.05, 0.1) is 0 Å². The normalized spacial score (nSPS) is 11.5. The van der Waals surface area contributed by atoms with E-state index in [9.17, 15) is 18.0 Å². The summed E-state index contributed by atoms with van der Waals surface area (Å²) in [6.45, 7) is -1.15. The Morgan fingerprint density at radius 3 is 2.67 bits per heavy atom. The van der Waals surface area contributed by atoms with Crippen molar-refractivity contribution in [1.82, 2.24) is 4.98 Å². The van der Waals surface area contributed by atoms with Crippen LogP contribution in [-0.4, -0.2) is 35.8 Å². The van der Waals surface area contributed by atoms with E-state index in [-0.39, 0.29) is 10.8 Å². The number of carboxylic acid groups (broad SMARTS) is 1. The van der Waals surface area contributed by atoms with Crippen molar-refractivity contribution >= 4 is 22.4 Å². The van der Waals surface area contributed by atoms with Crippen LogP contribution in [0.2, 0.25) is 0 Å². The Hall–Kier alpha value is -1.31. The van der Waals surface area contributed by atoms with Crippen molar-refractivity contribution in [2.24, 2.45) is 0 Å². The SMILES string of the molecule is CN(CC(F)(F)F)c1nc(C(=O)O)cs1. The average Bonchev–Trinajstić information content (AvgIpc) is 2.47. The van der Waals surface area contributed by atoms with Crippen LogP contribution < -0.4 is 4.90 Å². The minimum Gasteiger partial charge on any atom is -0.476 e. The van der Waals surface area contributed by atoms with Gasteiger partial charge in [-0.1, -0.05) is 0 Å². The van der Waals surface area contributed by atoms with Crippen LogP contribution >= 0.6 is 11.3 Å². The highest BCUT2D eigenvalue weighted by Gasteiger charge is 2.30. The lowest BCUT2D eigenvalue weighted by Crippen LogP contribution is -2.30. The monoisotopic (exact) mass is 240 g/mol. The number of aromatic nitrogens is 1. The number of carbonyl (C=O) groups is 1. The first-order chi connectivity index (χ1) is 6.79. The van der Waals surface area contributed by atoms with E-state index in [1.54, 1.807) is 0 Å². The number of carboxylic acids is 1. The summed E-state index contributed by atoms with van der Waals surface area (Å²) in [5.74, 6) is -1.25. The van der Waals surface area contributed by atoms with Gasteiger partial charge in [-0.2, -0.15) is 13.2 Å². The summed E-state index contributed by atoms with van der Waals surface area (Å²) in [4.78, 5) is 14.8. The van der Waals surface area contributed by atoms with Crippen molar-refractivity contribution in [3.63, 3.8) is 0 Å². The minimum absolute atomic E-state index is 0.0322. The van der Waals surface area contributed by atoms with E-state index in [1.165, 1.54) is 12.4 Å². The van der Waals surface area contributed by atoms with E-state index >= 15 is 0 Å². The summed E-state index contributed by atoms with van der Waals surface area (Å²) in [5, 5.41) is 9.75. The van der Waals surface area contributed by atoms with E-state index in [0.717, 1.165) is 16.2 Å². The molecule has 0 aromatic carbocycles. The van der Waals surface area contributed by atoms with Crippen LogP contribution in [0.25, 0.3) is 0 Å². The van der Waals surface area contributed by atoms with Crippen LogP contribution in [0.3, 0.4) is 0 Å².